The molecular formula is C24H26F2N6O2. The summed E-state index contributed by atoms with van der Waals surface area (Å²) in [5.41, 5.74) is 2.68. The Hall–Kier alpha value is -3.37. The van der Waals surface area contributed by atoms with Gasteiger partial charge in [-0.15, -0.1) is 0 Å². The highest BCUT2D eigenvalue weighted by atomic mass is 19.1. The summed E-state index contributed by atoms with van der Waals surface area (Å²) in [7, 11) is 2.05. The molecule has 1 saturated heterocycles. The molecule has 10 heteroatoms. The summed E-state index contributed by atoms with van der Waals surface area (Å²) in [4.78, 5) is 17.5. The van der Waals surface area contributed by atoms with E-state index in [-0.39, 0.29) is 18.4 Å². The van der Waals surface area contributed by atoms with Crippen molar-refractivity contribution in [2.75, 3.05) is 56.6 Å². The fourth-order valence-electron chi connectivity index (χ4n) is 4.24. The predicted molar refractivity (Wildman–Crippen MR) is 127 cm³/mol. The fourth-order valence-corrected chi connectivity index (χ4v) is 4.24. The van der Waals surface area contributed by atoms with Crippen LogP contribution in [0.2, 0.25) is 0 Å². The molecule has 1 aromatic heterocycles. The Morgan fingerprint density at radius 3 is 2.65 bits per heavy atom. The van der Waals surface area contributed by atoms with E-state index >= 15 is 4.39 Å². The summed E-state index contributed by atoms with van der Waals surface area (Å²) in [5.74, 6) is -0.698. The first-order valence-electron chi connectivity index (χ1n) is 11.2. The van der Waals surface area contributed by atoms with Gasteiger partial charge in [0.05, 0.1) is 13.2 Å². The number of piperazine rings is 1. The number of aromatic nitrogens is 2. The van der Waals surface area contributed by atoms with E-state index in [1.807, 2.05) is 6.92 Å². The number of nitrogens with zero attached hydrogens (tertiary/aromatic N) is 5. The fraction of sp³-hybridized carbons (Fsp3) is 0.375. The molecule has 3 aliphatic rings. The number of aliphatic imine (C=N–C) groups is 1. The minimum atomic E-state index is -0.774. The molecule has 1 aliphatic carbocycles. The summed E-state index contributed by atoms with van der Waals surface area (Å²) in [6, 6.07) is 2.91. The van der Waals surface area contributed by atoms with E-state index in [4.69, 9.17) is 4.74 Å². The van der Waals surface area contributed by atoms with Crippen LogP contribution in [0.25, 0.3) is 6.08 Å². The number of hydrogen-bond acceptors (Lipinski definition) is 8. The molecule has 0 atom stereocenters. The Balaban J connectivity index is 1.48. The van der Waals surface area contributed by atoms with Crippen molar-refractivity contribution in [1.29, 1.82) is 0 Å². The molecule has 0 saturated carbocycles. The molecule has 2 N–H and O–H groups in total. The Bertz CT molecular complexity index is 1220. The Kier molecular flexibility index (Phi) is 6.01. The smallest absolute Gasteiger partial charge is 0.233 e. The molecule has 0 bridgehead atoms. The van der Waals surface area contributed by atoms with Gasteiger partial charge in [0.15, 0.2) is 11.6 Å². The maximum atomic E-state index is 15.2. The molecule has 0 unspecified atom stereocenters. The van der Waals surface area contributed by atoms with E-state index < -0.39 is 17.4 Å². The van der Waals surface area contributed by atoms with Crippen molar-refractivity contribution in [2.45, 2.75) is 13.3 Å². The number of ether oxygens (including phenoxy) is 1. The molecule has 2 aliphatic heterocycles. The molecule has 0 radical (unpaired) electrons. The second kappa shape index (κ2) is 9.11. The second-order valence-electron chi connectivity index (χ2n) is 8.81. The molecule has 1 aromatic carbocycles. The van der Waals surface area contributed by atoms with E-state index in [0.717, 1.165) is 37.3 Å². The van der Waals surface area contributed by atoms with Gasteiger partial charge in [-0.3, -0.25) is 4.99 Å². The van der Waals surface area contributed by atoms with Gasteiger partial charge in [0.2, 0.25) is 17.6 Å². The van der Waals surface area contributed by atoms with Crippen LogP contribution in [-0.2, 0) is 6.42 Å². The molecule has 0 amide bonds. The standard InChI is InChI=1S/C24H26F2N6O2/c1-14-7-16-10-18(25)23(22(26)17(16)8-14)34-21-11-20(32-5-3-31(2)4-6-32)29-24(30-21)28-19-9-15(13-33)12-27-19/h8-11,33H,3-7,12-13H2,1-2H3,(H,27,28,29,30). The number of amidine groups is 1. The number of nitrogens with one attached hydrogen (secondary N) is 1. The highest BCUT2D eigenvalue weighted by Gasteiger charge is 2.24. The third-order valence-corrected chi connectivity index (χ3v) is 6.12. The first kappa shape index (κ1) is 22.4. The van der Waals surface area contributed by atoms with Gasteiger partial charge in [0, 0.05) is 37.8 Å². The third-order valence-electron chi connectivity index (χ3n) is 6.12. The van der Waals surface area contributed by atoms with Crippen molar-refractivity contribution in [2.24, 2.45) is 4.99 Å². The van der Waals surface area contributed by atoms with E-state index in [1.165, 1.54) is 6.07 Å². The molecule has 1 fully saturated rings. The van der Waals surface area contributed by atoms with Crippen LogP contribution in [-0.4, -0.2) is 72.2 Å². The van der Waals surface area contributed by atoms with Crippen LogP contribution in [0.3, 0.4) is 0 Å². The number of rotatable bonds is 5. The number of anilines is 2. The number of likely N-dealkylation sites (N-methyl/N-ethyl adjacent to an activating group) is 1. The summed E-state index contributed by atoms with van der Waals surface area (Å²) in [5, 5.41) is 12.3. The first-order chi connectivity index (χ1) is 16.4. The normalized spacial score (nSPS) is 17.9. The molecular weight excluding hydrogens is 442 g/mol. The minimum absolute atomic E-state index is 0.0211. The van der Waals surface area contributed by atoms with Gasteiger partial charge in [0.25, 0.3) is 0 Å². The van der Waals surface area contributed by atoms with Crippen LogP contribution in [0.15, 0.2) is 34.3 Å². The number of aliphatic hydroxyl groups excluding tert-OH is 1. The lowest BCUT2D eigenvalue weighted by Gasteiger charge is -2.33. The van der Waals surface area contributed by atoms with Gasteiger partial charge >= 0.3 is 0 Å². The van der Waals surface area contributed by atoms with Crippen molar-refractivity contribution >= 4 is 23.7 Å². The Morgan fingerprint density at radius 1 is 1.12 bits per heavy atom. The number of halogens is 2. The summed E-state index contributed by atoms with van der Waals surface area (Å²) >= 11 is 0. The van der Waals surface area contributed by atoms with E-state index in [2.05, 4.69) is 37.1 Å². The summed E-state index contributed by atoms with van der Waals surface area (Å²) in [6.45, 7) is 5.39. The number of aliphatic hydroxyl groups is 1. The highest BCUT2D eigenvalue weighted by molar-refractivity contribution is 6.04. The summed E-state index contributed by atoms with van der Waals surface area (Å²) in [6.07, 6.45) is 3.95. The Labute approximate surface area is 196 Å². The third kappa shape index (κ3) is 4.51. The van der Waals surface area contributed by atoms with Crippen molar-refractivity contribution < 1.29 is 18.6 Å². The van der Waals surface area contributed by atoms with Crippen LogP contribution in [0, 0.1) is 11.6 Å². The second-order valence-corrected chi connectivity index (χ2v) is 8.81. The minimum Gasteiger partial charge on any atom is -0.433 e. The summed E-state index contributed by atoms with van der Waals surface area (Å²) < 4.78 is 35.7. The lowest BCUT2D eigenvalue weighted by atomic mass is 10.1. The quantitative estimate of drug-likeness (QED) is 0.698. The van der Waals surface area contributed by atoms with E-state index in [9.17, 15) is 9.50 Å². The van der Waals surface area contributed by atoms with Gasteiger partial charge in [-0.25, -0.2) is 8.78 Å². The lowest BCUT2D eigenvalue weighted by molar-refractivity contribution is 0.312. The topological polar surface area (TPSA) is 86.1 Å². The van der Waals surface area contributed by atoms with Crippen molar-refractivity contribution in [3.8, 4) is 11.6 Å². The van der Waals surface area contributed by atoms with E-state index in [0.29, 0.717) is 35.7 Å². The van der Waals surface area contributed by atoms with Crippen LogP contribution < -0.4 is 15.0 Å². The van der Waals surface area contributed by atoms with E-state index in [1.54, 1.807) is 18.2 Å². The highest BCUT2D eigenvalue weighted by Crippen LogP contribution is 2.37. The SMILES string of the molecule is CC1=Cc2c(cc(F)c(Oc3cc(N4CCN(C)CC4)nc(NC4=NCC(CO)=C4)n3)c2F)C1. The van der Waals surface area contributed by atoms with Gasteiger partial charge in [0.1, 0.15) is 11.7 Å². The zero-order chi connectivity index (χ0) is 23.8. The molecule has 3 heterocycles. The maximum Gasteiger partial charge on any atom is 0.233 e. The molecule has 178 valence electrons. The van der Waals surface area contributed by atoms with Gasteiger partial charge in [-0.2, -0.15) is 9.97 Å². The molecule has 8 nitrogen and oxygen atoms in total. The first-order valence-corrected chi connectivity index (χ1v) is 11.2. The van der Waals surface area contributed by atoms with Crippen molar-refractivity contribution in [1.82, 2.24) is 14.9 Å². The number of fused-ring (bicyclic) bond motifs is 1. The molecule has 5 rings (SSSR count). The predicted octanol–water partition coefficient (Wildman–Crippen LogP) is 3.00. The van der Waals surface area contributed by atoms with Crippen LogP contribution in [0.5, 0.6) is 11.6 Å². The maximum absolute atomic E-state index is 15.2. The van der Waals surface area contributed by atoms with Crippen molar-refractivity contribution in [3.63, 3.8) is 0 Å². The average Bonchev–Trinajstić information content (AvgIpc) is 3.42. The zero-order valence-corrected chi connectivity index (χ0v) is 19.1. The molecule has 34 heavy (non-hydrogen) atoms. The average molecular weight is 469 g/mol. The number of benzene rings is 1. The zero-order valence-electron chi connectivity index (χ0n) is 19.1. The van der Waals surface area contributed by atoms with Gasteiger partial charge in [-0.1, -0.05) is 11.6 Å². The Morgan fingerprint density at radius 2 is 1.91 bits per heavy atom. The monoisotopic (exact) mass is 468 g/mol. The number of hydrogen-bond donors (Lipinski definition) is 2. The lowest BCUT2D eigenvalue weighted by Crippen LogP contribution is -2.44. The van der Waals surface area contributed by atoms with Crippen LogP contribution in [0.4, 0.5) is 20.5 Å². The van der Waals surface area contributed by atoms with Crippen molar-refractivity contribution in [3.05, 3.63) is 52.1 Å². The van der Waals surface area contributed by atoms with Crippen LogP contribution in [0.1, 0.15) is 18.1 Å². The van der Waals surface area contributed by atoms with Gasteiger partial charge in [-0.05, 0) is 43.7 Å². The van der Waals surface area contributed by atoms with Crippen LogP contribution >= 0.6 is 0 Å². The largest absolute Gasteiger partial charge is 0.433 e. The molecule has 2 aromatic rings. The van der Waals surface area contributed by atoms with Gasteiger partial charge < -0.3 is 25.0 Å². The number of allylic oxidation sites excluding steroid dienone is 1. The molecule has 0 spiro atoms.